The van der Waals surface area contributed by atoms with E-state index >= 15 is 0 Å². The summed E-state index contributed by atoms with van der Waals surface area (Å²) in [6.45, 7) is 5.41. The predicted octanol–water partition coefficient (Wildman–Crippen LogP) is 1.59. The van der Waals surface area contributed by atoms with Gasteiger partial charge in [-0.05, 0) is 19.5 Å². The molecule has 0 bridgehead atoms. The Bertz CT molecular complexity index is 281. The fourth-order valence-corrected chi connectivity index (χ4v) is 2.42. The second-order valence-corrected chi connectivity index (χ2v) is 4.91. The van der Waals surface area contributed by atoms with Crippen LogP contribution in [0.1, 0.15) is 12.1 Å². The molecule has 1 fully saturated rings. The van der Waals surface area contributed by atoms with Crippen molar-refractivity contribution in [3.63, 3.8) is 0 Å². The minimum Gasteiger partial charge on any atom is -0.315 e. The van der Waals surface area contributed by atoms with Gasteiger partial charge in [0.15, 0.2) is 4.47 Å². The van der Waals surface area contributed by atoms with Gasteiger partial charge in [0.25, 0.3) is 0 Å². The van der Waals surface area contributed by atoms with Crippen molar-refractivity contribution < 1.29 is 0 Å². The van der Waals surface area contributed by atoms with E-state index in [9.17, 15) is 0 Å². The van der Waals surface area contributed by atoms with E-state index < -0.39 is 0 Å². The standard InChI is InChI=1S/C9H14ClN3S/c10-9-12-8(7-14-9)6-13-4-1-2-11-3-5-13/h7,11H,1-6H2. The van der Waals surface area contributed by atoms with E-state index in [1.807, 2.05) is 5.38 Å². The Balaban J connectivity index is 1.89. The average Bonchev–Trinajstić information content (AvgIpc) is 2.43. The smallest absolute Gasteiger partial charge is 0.183 e. The summed E-state index contributed by atoms with van der Waals surface area (Å²) in [4.78, 5) is 6.68. The van der Waals surface area contributed by atoms with Crippen LogP contribution < -0.4 is 5.32 Å². The first-order valence-electron chi connectivity index (χ1n) is 4.87. The van der Waals surface area contributed by atoms with Gasteiger partial charge in [0.2, 0.25) is 0 Å². The van der Waals surface area contributed by atoms with Crippen LogP contribution in [0.4, 0.5) is 0 Å². The fourth-order valence-electron chi connectivity index (χ4n) is 1.64. The molecular weight excluding hydrogens is 218 g/mol. The largest absolute Gasteiger partial charge is 0.315 e. The van der Waals surface area contributed by atoms with Gasteiger partial charge in [0.1, 0.15) is 0 Å². The van der Waals surface area contributed by atoms with Gasteiger partial charge in [0.05, 0.1) is 5.69 Å². The Labute approximate surface area is 93.1 Å². The van der Waals surface area contributed by atoms with Gasteiger partial charge in [-0.3, -0.25) is 4.90 Å². The summed E-state index contributed by atoms with van der Waals surface area (Å²) >= 11 is 7.30. The van der Waals surface area contributed by atoms with Crippen LogP contribution >= 0.6 is 22.9 Å². The highest BCUT2D eigenvalue weighted by Crippen LogP contribution is 2.16. The highest BCUT2D eigenvalue weighted by molar-refractivity contribution is 7.13. The van der Waals surface area contributed by atoms with Crippen LogP contribution in [0.3, 0.4) is 0 Å². The summed E-state index contributed by atoms with van der Waals surface area (Å²) in [5.74, 6) is 0. The first-order valence-corrected chi connectivity index (χ1v) is 6.13. The van der Waals surface area contributed by atoms with Crippen LogP contribution in [0, 0.1) is 0 Å². The molecule has 1 aromatic heterocycles. The van der Waals surface area contributed by atoms with Gasteiger partial charge in [0, 0.05) is 25.0 Å². The number of aromatic nitrogens is 1. The van der Waals surface area contributed by atoms with Crippen molar-refractivity contribution in [3.8, 4) is 0 Å². The average molecular weight is 232 g/mol. The van der Waals surface area contributed by atoms with Gasteiger partial charge in [-0.2, -0.15) is 0 Å². The molecule has 2 rings (SSSR count). The maximum Gasteiger partial charge on any atom is 0.183 e. The summed E-state index contributed by atoms with van der Waals surface area (Å²) in [5.41, 5.74) is 1.10. The van der Waals surface area contributed by atoms with Crippen molar-refractivity contribution in [1.29, 1.82) is 0 Å². The number of thiazole rings is 1. The van der Waals surface area contributed by atoms with Crippen LogP contribution in [-0.4, -0.2) is 36.1 Å². The lowest BCUT2D eigenvalue weighted by atomic mass is 10.3. The first-order chi connectivity index (χ1) is 6.84. The fraction of sp³-hybridized carbons (Fsp3) is 0.667. The summed E-state index contributed by atoms with van der Waals surface area (Å²) in [6.07, 6.45) is 1.22. The van der Waals surface area contributed by atoms with Crippen molar-refractivity contribution in [2.45, 2.75) is 13.0 Å². The van der Waals surface area contributed by atoms with E-state index in [0.29, 0.717) is 4.47 Å². The van der Waals surface area contributed by atoms with E-state index in [2.05, 4.69) is 15.2 Å². The minimum absolute atomic E-state index is 0.646. The van der Waals surface area contributed by atoms with Crippen molar-refractivity contribution in [3.05, 3.63) is 15.5 Å². The highest BCUT2D eigenvalue weighted by Gasteiger charge is 2.10. The second kappa shape index (κ2) is 5.07. The van der Waals surface area contributed by atoms with Gasteiger partial charge in [-0.1, -0.05) is 11.6 Å². The lowest BCUT2D eigenvalue weighted by molar-refractivity contribution is 0.281. The predicted molar refractivity (Wildman–Crippen MR) is 59.9 cm³/mol. The zero-order chi connectivity index (χ0) is 9.80. The third-order valence-electron chi connectivity index (χ3n) is 2.34. The van der Waals surface area contributed by atoms with Gasteiger partial charge >= 0.3 is 0 Å². The van der Waals surface area contributed by atoms with Crippen molar-refractivity contribution in [1.82, 2.24) is 15.2 Å². The summed E-state index contributed by atoms with van der Waals surface area (Å²) in [6, 6.07) is 0. The molecule has 5 heteroatoms. The Kier molecular flexibility index (Phi) is 3.75. The van der Waals surface area contributed by atoms with E-state index in [4.69, 9.17) is 11.6 Å². The molecule has 1 N–H and O–H groups in total. The maximum atomic E-state index is 5.79. The highest BCUT2D eigenvalue weighted by atomic mass is 35.5. The van der Waals surface area contributed by atoms with Crippen LogP contribution in [0.2, 0.25) is 4.47 Å². The molecule has 3 nitrogen and oxygen atoms in total. The molecule has 0 unspecified atom stereocenters. The van der Waals surface area contributed by atoms with E-state index in [-0.39, 0.29) is 0 Å². The molecule has 0 aliphatic carbocycles. The van der Waals surface area contributed by atoms with Crippen molar-refractivity contribution in [2.24, 2.45) is 0 Å². The zero-order valence-electron chi connectivity index (χ0n) is 8.00. The molecule has 0 radical (unpaired) electrons. The number of hydrogen-bond acceptors (Lipinski definition) is 4. The third-order valence-corrected chi connectivity index (χ3v) is 3.37. The molecule has 1 aromatic rings. The molecule has 0 spiro atoms. The Morgan fingerprint density at radius 2 is 2.43 bits per heavy atom. The SMILES string of the molecule is Clc1nc(CN2CCCNCC2)cs1. The number of nitrogens with zero attached hydrogens (tertiary/aromatic N) is 2. The summed E-state index contributed by atoms with van der Waals surface area (Å²) in [7, 11) is 0. The second-order valence-electron chi connectivity index (χ2n) is 3.47. The first kappa shape index (κ1) is 10.4. The molecule has 0 saturated carbocycles. The Morgan fingerprint density at radius 3 is 3.21 bits per heavy atom. The topological polar surface area (TPSA) is 28.2 Å². The number of nitrogens with one attached hydrogen (secondary N) is 1. The molecule has 0 amide bonds. The quantitative estimate of drug-likeness (QED) is 0.838. The number of halogens is 1. The monoisotopic (exact) mass is 231 g/mol. The Hall–Kier alpha value is -0.160. The summed E-state index contributed by atoms with van der Waals surface area (Å²) < 4.78 is 0.646. The maximum absolute atomic E-state index is 5.79. The number of rotatable bonds is 2. The molecule has 1 saturated heterocycles. The van der Waals surface area contributed by atoms with Gasteiger partial charge < -0.3 is 5.32 Å². The number of hydrogen-bond donors (Lipinski definition) is 1. The van der Waals surface area contributed by atoms with Gasteiger partial charge in [-0.25, -0.2) is 4.98 Å². The molecule has 14 heavy (non-hydrogen) atoms. The van der Waals surface area contributed by atoms with E-state index in [1.54, 1.807) is 0 Å². The molecule has 78 valence electrons. The van der Waals surface area contributed by atoms with Crippen LogP contribution in [-0.2, 0) is 6.54 Å². The van der Waals surface area contributed by atoms with Crippen LogP contribution in [0.5, 0.6) is 0 Å². The molecule has 0 aromatic carbocycles. The molecule has 0 atom stereocenters. The Morgan fingerprint density at radius 1 is 1.50 bits per heavy atom. The minimum atomic E-state index is 0.646. The summed E-state index contributed by atoms with van der Waals surface area (Å²) in [5, 5.41) is 5.42. The molecule has 2 heterocycles. The molecular formula is C9H14ClN3S. The lowest BCUT2D eigenvalue weighted by Crippen LogP contribution is -2.27. The van der Waals surface area contributed by atoms with Crippen molar-refractivity contribution >= 4 is 22.9 Å². The third kappa shape index (κ3) is 2.92. The van der Waals surface area contributed by atoms with Crippen LogP contribution in [0.15, 0.2) is 5.38 Å². The van der Waals surface area contributed by atoms with E-state index in [0.717, 1.165) is 38.4 Å². The lowest BCUT2D eigenvalue weighted by Gasteiger charge is -2.17. The molecule has 1 aliphatic heterocycles. The van der Waals surface area contributed by atoms with Gasteiger partial charge in [-0.15, -0.1) is 11.3 Å². The van der Waals surface area contributed by atoms with Crippen molar-refractivity contribution in [2.75, 3.05) is 26.2 Å². The van der Waals surface area contributed by atoms with E-state index in [1.165, 1.54) is 17.8 Å². The normalized spacial score (nSPS) is 19.5. The van der Waals surface area contributed by atoms with Crippen LogP contribution in [0.25, 0.3) is 0 Å². The zero-order valence-corrected chi connectivity index (χ0v) is 9.57. The molecule has 1 aliphatic rings.